The van der Waals surface area contributed by atoms with Gasteiger partial charge in [0, 0.05) is 31.2 Å². The Hall–Kier alpha value is -2.81. The number of piperidine rings is 1. The van der Waals surface area contributed by atoms with Gasteiger partial charge in [-0.15, -0.1) is 0 Å². The van der Waals surface area contributed by atoms with Gasteiger partial charge in [-0.2, -0.15) is 4.31 Å². The minimum atomic E-state index is -3.60. The van der Waals surface area contributed by atoms with Crippen LogP contribution < -0.4 is 5.32 Å². The number of morpholine rings is 1. The molecule has 5 rings (SSSR count). The fraction of sp³-hybridized carbons (Fsp3) is 0.360. The number of nitrogens with one attached hydrogen (secondary N) is 1. The number of rotatable bonds is 4. The minimum Gasteiger partial charge on any atom is -0.360 e. The summed E-state index contributed by atoms with van der Waals surface area (Å²) in [5.74, 6) is -0.0829. The summed E-state index contributed by atoms with van der Waals surface area (Å²) in [6.45, 7) is 3.09. The van der Waals surface area contributed by atoms with Crippen LogP contribution in [-0.2, 0) is 19.6 Å². The van der Waals surface area contributed by atoms with Crippen molar-refractivity contribution in [2.75, 3.05) is 19.6 Å². The Morgan fingerprint density at radius 1 is 1.09 bits per heavy atom. The second-order valence-corrected chi connectivity index (χ2v) is 10.7. The molecule has 3 heterocycles. The van der Waals surface area contributed by atoms with Gasteiger partial charge in [0.2, 0.25) is 15.9 Å². The van der Waals surface area contributed by atoms with Gasteiger partial charge in [0.25, 0.3) is 0 Å². The van der Waals surface area contributed by atoms with Crippen LogP contribution in [0.3, 0.4) is 0 Å². The number of carbonyl (C=O) groups is 1. The first-order valence-corrected chi connectivity index (χ1v) is 12.8. The molecule has 33 heavy (non-hydrogen) atoms. The molecule has 2 fully saturated rings. The second kappa shape index (κ2) is 8.52. The van der Waals surface area contributed by atoms with E-state index in [4.69, 9.17) is 4.74 Å². The third-order valence-corrected chi connectivity index (χ3v) is 8.62. The molecule has 3 aromatic rings. The van der Waals surface area contributed by atoms with Crippen LogP contribution in [-0.4, -0.2) is 55.0 Å². The number of carbonyl (C=O) groups excluding carboxylic acids is 1. The van der Waals surface area contributed by atoms with Crippen molar-refractivity contribution in [3.8, 4) is 11.1 Å². The largest absolute Gasteiger partial charge is 0.360 e. The number of aromatic nitrogens is 1. The molecule has 1 amide bonds. The van der Waals surface area contributed by atoms with E-state index in [9.17, 15) is 13.2 Å². The summed E-state index contributed by atoms with van der Waals surface area (Å²) in [6.07, 6.45) is 3.03. The molecule has 1 unspecified atom stereocenters. The van der Waals surface area contributed by atoms with E-state index < -0.39 is 21.7 Å². The van der Waals surface area contributed by atoms with Gasteiger partial charge < -0.3 is 10.1 Å². The first-order chi connectivity index (χ1) is 15.9. The molecule has 8 heteroatoms. The highest BCUT2D eigenvalue weighted by Crippen LogP contribution is 2.33. The second-order valence-electron chi connectivity index (χ2n) is 8.75. The number of amides is 1. The van der Waals surface area contributed by atoms with Gasteiger partial charge >= 0.3 is 0 Å². The van der Waals surface area contributed by atoms with E-state index >= 15 is 0 Å². The Morgan fingerprint density at radius 3 is 2.55 bits per heavy atom. The first-order valence-electron chi connectivity index (χ1n) is 11.3. The SMILES string of the molecule is CCC1OC2(CCN(S(=O)(=O)c3ccc(-c4ccc5cccnc5c4)cc3)CC2)CNC1=O. The van der Waals surface area contributed by atoms with Crippen molar-refractivity contribution in [1.29, 1.82) is 0 Å². The highest BCUT2D eigenvalue weighted by molar-refractivity contribution is 7.89. The van der Waals surface area contributed by atoms with Crippen molar-refractivity contribution in [3.63, 3.8) is 0 Å². The Labute approximate surface area is 193 Å². The van der Waals surface area contributed by atoms with Crippen LogP contribution in [0, 0.1) is 0 Å². The van der Waals surface area contributed by atoms with Crippen molar-refractivity contribution in [3.05, 3.63) is 60.8 Å². The monoisotopic (exact) mass is 465 g/mol. The van der Waals surface area contributed by atoms with Crippen LogP contribution >= 0.6 is 0 Å². The molecule has 1 aromatic heterocycles. The lowest BCUT2D eigenvalue weighted by atomic mass is 9.90. The summed E-state index contributed by atoms with van der Waals surface area (Å²) in [6, 6.07) is 17.0. The Balaban J connectivity index is 1.31. The third kappa shape index (κ3) is 4.14. The number of hydrogen-bond acceptors (Lipinski definition) is 5. The maximum atomic E-state index is 13.3. The highest BCUT2D eigenvalue weighted by Gasteiger charge is 2.44. The molecule has 0 aliphatic carbocycles. The lowest BCUT2D eigenvalue weighted by Crippen LogP contribution is -2.60. The summed E-state index contributed by atoms with van der Waals surface area (Å²) in [5, 5.41) is 3.99. The molecule has 2 saturated heterocycles. The Kier molecular flexibility index (Phi) is 5.68. The molecular formula is C25H27N3O4S. The van der Waals surface area contributed by atoms with Crippen molar-refractivity contribution in [2.45, 2.75) is 42.8 Å². The lowest BCUT2D eigenvalue weighted by Gasteiger charge is -2.45. The van der Waals surface area contributed by atoms with E-state index in [-0.39, 0.29) is 10.8 Å². The van der Waals surface area contributed by atoms with Gasteiger partial charge in [-0.3, -0.25) is 9.78 Å². The third-order valence-electron chi connectivity index (χ3n) is 6.71. The zero-order valence-corrected chi connectivity index (χ0v) is 19.3. The molecule has 1 atom stereocenters. The van der Waals surface area contributed by atoms with Gasteiger partial charge in [0.05, 0.1) is 16.0 Å². The standard InChI is InChI=1S/C25H27N3O4S/c1-2-23-24(29)27-17-25(32-23)11-14-28(15-12-25)33(30,31)21-9-7-18(8-10-21)20-6-5-19-4-3-13-26-22(19)16-20/h3-10,13,16,23H,2,11-12,14-15,17H2,1H3,(H,27,29). The summed E-state index contributed by atoms with van der Waals surface area (Å²) in [7, 11) is -3.60. The fourth-order valence-corrected chi connectivity index (χ4v) is 6.11. The van der Waals surface area contributed by atoms with Gasteiger partial charge in [-0.1, -0.05) is 37.3 Å². The molecule has 0 radical (unpaired) electrons. The smallest absolute Gasteiger partial charge is 0.249 e. The average Bonchev–Trinajstić information content (AvgIpc) is 2.86. The van der Waals surface area contributed by atoms with Crippen LogP contribution in [0.15, 0.2) is 65.7 Å². The molecule has 7 nitrogen and oxygen atoms in total. The minimum absolute atomic E-state index is 0.0829. The van der Waals surface area contributed by atoms with Gasteiger partial charge in [-0.25, -0.2) is 8.42 Å². The zero-order chi connectivity index (χ0) is 23.1. The van der Waals surface area contributed by atoms with Crippen LogP contribution in [0.25, 0.3) is 22.0 Å². The number of hydrogen-bond donors (Lipinski definition) is 1. The summed E-state index contributed by atoms with van der Waals surface area (Å²) in [4.78, 5) is 16.6. The van der Waals surface area contributed by atoms with E-state index in [1.807, 2.05) is 49.4 Å². The predicted octanol–water partition coefficient (Wildman–Crippen LogP) is 3.35. The number of nitrogens with zero attached hydrogens (tertiary/aromatic N) is 2. The van der Waals surface area contributed by atoms with Crippen molar-refractivity contribution in [1.82, 2.24) is 14.6 Å². The van der Waals surface area contributed by atoms with Crippen LogP contribution in [0.5, 0.6) is 0 Å². The zero-order valence-electron chi connectivity index (χ0n) is 18.5. The van der Waals surface area contributed by atoms with Crippen molar-refractivity contribution < 1.29 is 17.9 Å². The number of ether oxygens (including phenoxy) is 1. The molecule has 1 spiro atoms. The molecule has 2 aromatic carbocycles. The lowest BCUT2D eigenvalue weighted by molar-refractivity contribution is -0.168. The topological polar surface area (TPSA) is 88.6 Å². The first kappa shape index (κ1) is 22.0. The highest BCUT2D eigenvalue weighted by atomic mass is 32.2. The maximum absolute atomic E-state index is 13.3. The van der Waals surface area contributed by atoms with Crippen LogP contribution in [0.1, 0.15) is 26.2 Å². The average molecular weight is 466 g/mol. The predicted molar refractivity (Wildman–Crippen MR) is 126 cm³/mol. The molecule has 0 bridgehead atoms. The van der Waals surface area contributed by atoms with E-state index in [2.05, 4.69) is 10.3 Å². The van der Waals surface area contributed by atoms with Gasteiger partial charge in [-0.05, 0) is 54.7 Å². The molecule has 2 aliphatic heterocycles. The quantitative estimate of drug-likeness (QED) is 0.638. The normalized spacial score (nSPS) is 21.2. The summed E-state index contributed by atoms with van der Waals surface area (Å²) >= 11 is 0. The number of pyridine rings is 1. The fourth-order valence-electron chi connectivity index (χ4n) is 4.67. The van der Waals surface area contributed by atoms with Crippen molar-refractivity contribution >= 4 is 26.8 Å². The maximum Gasteiger partial charge on any atom is 0.249 e. The van der Waals surface area contributed by atoms with Gasteiger partial charge in [0.15, 0.2) is 0 Å². The number of fused-ring (bicyclic) bond motifs is 1. The van der Waals surface area contributed by atoms with E-state index in [1.54, 1.807) is 18.3 Å². The molecule has 2 aliphatic rings. The van der Waals surface area contributed by atoms with E-state index in [0.717, 1.165) is 22.0 Å². The molecule has 1 N–H and O–H groups in total. The molecule has 172 valence electrons. The van der Waals surface area contributed by atoms with Crippen LogP contribution in [0.4, 0.5) is 0 Å². The summed E-state index contributed by atoms with van der Waals surface area (Å²) in [5.41, 5.74) is 2.36. The number of sulfonamides is 1. The Bertz CT molecular complexity index is 1280. The van der Waals surface area contributed by atoms with Crippen LogP contribution in [0.2, 0.25) is 0 Å². The Morgan fingerprint density at radius 2 is 1.82 bits per heavy atom. The summed E-state index contributed by atoms with van der Waals surface area (Å²) < 4.78 is 34.1. The molecular weight excluding hydrogens is 438 g/mol. The van der Waals surface area contributed by atoms with E-state index in [0.29, 0.717) is 38.9 Å². The molecule has 0 saturated carbocycles. The number of benzene rings is 2. The van der Waals surface area contributed by atoms with E-state index in [1.165, 1.54) is 4.31 Å². The van der Waals surface area contributed by atoms with Gasteiger partial charge in [0.1, 0.15) is 6.10 Å². The van der Waals surface area contributed by atoms with Crippen molar-refractivity contribution in [2.24, 2.45) is 0 Å².